The first-order chi connectivity index (χ1) is 10.7. The summed E-state index contributed by atoms with van der Waals surface area (Å²) in [4.78, 5) is 15.9. The fraction of sp³-hybridized carbons (Fsp3) is 0.625. The fourth-order valence-corrected chi connectivity index (χ4v) is 3.05. The summed E-state index contributed by atoms with van der Waals surface area (Å²) < 4.78 is 5.31. The number of aromatic nitrogens is 4. The van der Waals surface area contributed by atoms with E-state index in [1.165, 1.54) is 36.9 Å². The average Bonchev–Trinajstić information content (AvgIpc) is 3.27. The number of fused-ring (bicyclic) bond motifs is 1. The van der Waals surface area contributed by atoms with Gasteiger partial charge in [0, 0.05) is 24.4 Å². The Morgan fingerprint density at radius 3 is 2.77 bits per heavy atom. The minimum atomic E-state index is 0.494. The van der Waals surface area contributed by atoms with Crippen molar-refractivity contribution in [3.05, 3.63) is 28.7 Å². The molecule has 2 aliphatic carbocycles. The van der Waals surface area contributed by atoms with Gasteiger partial charge in [0.1, 0.15) is 0 Å². The summed E-state index contributed by atoms with van der Waals surface area (Å²) in [5.41, 5.74) is 3.67. The Bertz CT molecular complexity index is 692. The van der Waals surface area contributed by atoms with Gasteiger partial charge in [0.15, 0.2) is 5.82 Å². The second-order valence-corrected chi connectivity index (χ2v) is 6.42. The average molecular weight is 299 g/mol. The van der Waals surface area contributed by atoms with Crippen molar-refractivity contribution in [1.29, 1.82) is 0 Å². The molecule has 1 fully saturated rings. The molecular weight excluding hydrogens is 278 g/mol. The topological polar surface area (TPSA) is 67.9 Å². The van der Waals surface area contributed by atoms with Gasteiger partial charge in [0.2, 0.25) is 11.8 Å². The number of nitrogens with zero attached hydrogens (tertiary/aromatic N) is 5. The molecule has 0 atom stereocenters. The lowest BCUT2D eigenvalue weighted by atomic mass is 9.95. The summed E-state index contributed by atoms with van der Waals surface area (Å²) in [6.45, 7) is 2.66. The fourth-order valence-electron chi connectivity index (χ4n) is 3.05. The van der Waals surface area contributed by atoms with Crippen LogP contribution in [-0.2, 0) is 19.4 Å². The first-order valence-electron chi connectivity index (χ1n) is 8.10. The Morgan fingerprint density at radius 2 is 1.95 bits per heavy atom. The van der Waals surface area contributed by atoms with Crippen LogP contribution in [0.3, 0.4) is 0 Å². The van der Waals surface area contributed by atoms with Gasteiger partial charge in [-0.05, 0) is 51.0 Å². The molecule has 4 rings (SSSR count). The third kappa shape index (κ3) is 2.58. The molecule has 0 aromatic carbocycles. The van der Waals surface area contributed by atoms with Crippen LogP contribution in [0, 0.1) is 6.92 Å². The van der Waals surface area contributed by atoms with E-state index < -0.39 is 0 Å². The van der Waals surface area contributed by atoms with Crippen molar-refractivity contribution in [2.45, 2.75) is 57.9 Å². The Labute approximate surface area is 130 Å². The van der Waals surface area contributed by atoms with E-state index >= 15 is 0 Å². The molecule has 2 aromatic rings. The molecule has 0 unspecified atom stereocenters. The van der Waals surface area contributed by atoms with Crippen LogP contribution in [0.5, 0.6) is 0 Å². The smallest absolute Gasteiger partial charge is 0.229 e. The van der Waals surface area contributed by atoms with Crippen molar-refractivity contribution in [3.8, 4) is 0 Å². The highest BCUT2D eigenvalue weighted by molar-refractivity contribution is 5.37. The van der Waals surface area contributed by atoms with Gasteiger partial charge in [0.05, 0.1) is 6.54 Å². The molecule has 0 radical (unpaired) electrons. The molecule has 0 N–H and O–H groups in total. The van der Waals surface area contributed by atoms with Crippen molar-refractivity contribution in [2.24, 2.45) is 0 Å². The van der Waals surface area contributed by atoms with Gasteiger partial charge >= 0.3 is 0 Å². The molecule has 0 amide bonds. The second kappa shape index (κ2) is 5.34. The lowest BCUT2D eigenvalue weighted by molar-refractivity contribution is 0.374. The summed E-state index contributed by atoms with van der Waals surface area (Å²) >= 11 is 0. The normalized spacial score (nSPS) is 17.4. The van der Waals surface area contributed by atoms with Crippen molar-refractivity contribution >= 4 is 5.95 Å². The zero-order chi connectivity index (χ0) is 15.1. The Kier molecular flexibility index (Phi) is 3.32. The van der Waals surface area contributed by atoms with Crippen molar-refractivity contribution < 1.29 is 4.52 Å². The first kappa shape index (κ1) is 13.7. The van der Waals surface area contributed by atoms with Gasteiger partial charge in [-0.2, -0.15) is 4.98 Å². The van der Waals surface area contributed by atoms with Crippen molar-refractivity contribution in [3.63, 3.8) is 0 Å². The maximum Gasteiger partial charge on any atom is 0.229 e. The van der Waals surface area contributed by atoms with Gasteiger partial charge in [-0.25, -0.2) is 9.97 Å². The number of hydrogen-bond acceptors (Lipinski definition) is 6. The molecule has 2 heterocycles. The van der Waals surface area contributed by atoms with E-state index in [9.17, 15) is 0 Å². The molecular formula is C16H21N5O. The van der Waals surface area contributed by atoms with Crippen LogP contribution in [0.15, 0.2) is 4.52 Å². The summed E-state index contributed by atoms with van der Waals surface area (Å²) in [7, 11) is 1.98. The summed E-state index contributed by atoms with van der Waals surface area (Å²) in [6.07, 6.45) is 6.99. The maximum atomic E-state index is 5.31. The Balaban J connectivity index is 1.53. The van der Waals surface area contributed by atoms with Crippen molar-refractivity contribution in [2.75, 3.05) is 11.9 Å². The minimum Gasteiger partial charge on any atom is -0.339 e. The molecule has 0 aliphatic heterocycles. The van der Waals surface area contributed by atoms with Crippen LogP contribution in [0.4, 0.5) is 5.95 Å². The van der Waals surface area contributed by atoms with E-state index in [0.29, 0.717) is 18.3 Å². The highest BCUT2D eigenvalue weighted by atomic mass is 16.5. The molecule has 0 saturated heterocycles. The monoisotopic (exact) mass is 299 g/mol. The van der Waals surface area contributed by atoms with Crippen molar-refractivity contribution in [1.82, 2.24) is 20.1 Å². The molecule has 2 aromatic heterocycles. The van der Waals surface area contributed by atoms with E-state index in [1.54, 1.807) is 0 Å². The van der Waals surface area contributed by atoms with Gasteiger partial charge in [-0.1, -0.05) is 5.16 Å². The molecule has 2 aliphatic rings. The number of hydrogen-bond donors (Lipinski definition) is 0. The molecule has 1 saturated carbocycles. The summed E-state index contributed by atoms with van der Waals surface area (Å²) in [6, 6.07) is 0. The van der Waals surface area contributed by atoms with Crippen LogP contribution < -0.4 is 4.90 Å². The molecule has 6 nitrogen and oxygen atoms in total. The van der Waals surface area contributed by atoms with E-state index in [-0.39, 0.29) is 0 Å². The van der Waals surface area contributed by atoms with E-state index in [1.807, 2.05) is 11.9 Å². The molecule has 22 heavy (non-hydrogen) atoms. The third-order valence-electron chi connectivity index (χ3n) is 4.51. The molecule has 6 heteroatoms. The number of rotatable bonds is 4. The lowest BCUT2D eigenvalue weighted by Gasteiger charge is -2.21. The van der Waals surface area contributed by atoms with Gasteiger partial charge < -0.3 is 9.42 Å². The van der Waals surface area contributed by atoms with Gasteiger partial charge in [0.25, 0.3) is 0 Å². The summed E-state index contributed by atoms with van der Waals surface area (Å²) in [5.74, 6) is 2.75. The molecule has 116 valence electrons. The molecule has 0 spiro atoms. The Hall–Kier alpha value is -1.98. The molecule has 0 bridgehead atoms. The predicted octanol–water partition coefficient (Wildman–Crippen LogP) is 2.56. The quantitative estimate of drug-likeness (QED) is 0.864. The summed E-state index contributed by atoms with van der Waals surface area (Å²) in [5, 5.41) is 4.07. The van der Waals surface area contributed by atoms with E-state index in [0.717, 1.165) is 30.4 Å². The van der Waals surface area contributed by atoms with Gasteiger partial charge in [-0.3, -0.25) is 0 Å². The highest BCUT2D eigenvalue weighted by Gasteiger charge is 2.29. The minimum absolute atomic E-state index is 0.494. The zero-order valence-corrected chi connectivity index (χ0v) is 13.2. The zero-order valence-electron chi connectivity index (χ0n) is 13.2. The maximum absolute atomic E-state index is 5.31. The van der Waals surface area contributed by atoms with Crippen LogP contribution in [0.2, 0.25) is 0 Å². The van der Waals surface area contributed by atoms with E-state index in [2.05, 4.69) is 22.0 Å². The first-order valence-corrected chi connectivity index (χ1v) is 8.10. The van der Waals surface area contributed by atoms with Crippen LogP contribution in [-0.4, -0.2) is 27.2 Å². The number of aryl methyl sites for hydroxylation is 2. The second-order valence-electron chi connectivity index (χ2n) is 6.42. The standard InChI is InChI=1S/C16H21N5O/c1-10-12-5-3-4-6-13(12)18-16(17-10)21(2)9-14-19-15(22-20-14)11-7-8-11/h11H,3-9H2,1-2H3. The lowest BCUT2D eigenvalue weighted by Crippen LogP contribution is -2.22. The SMILES string of the molecule is Cc1nc(N(C)Cc2noc(C3CC3)n2)nc2c1CCCC2. The van der Waals surface area contributed by atoms with Crippen LogP contribution >= 0.6 is 0 Å². The van der Waals surface area contributed by atoms with Gasteiger partial charge in [-0.15, -0.1) is 0 Å². The van der Waals surface area contributed by atoms with E-state index in [4.69, 9.17) is 9.51 Å². The van der Waals surface area contributed by atoms with Crippen LogP contribution in [0.1, 0.15) is 60.3 Å². The largest absolute Gasteiger partial charge is 0.339 e. The van der Waals surface area contributed by atoms with Crippen LogP contribution in [0.25, 0.3) is 0 Å². The predicted molar refractivity (Wildman–Crippen MR) is 81.8 cm³/mol. The highest BCUT2D eigenvalue weighted by Crippen LogP contribution is 2.38. The third-order valence-corrected chi connectivity index (χ3v) is 4.51. The Morgan fingerprint density at radius 1 is 1.14 bits per heavy atom. The number of anilines is 1.